The van der Waals surface area contributed by atoms with Crippen LogP contribution in [0.3, 0.4) is 0 Å². The molecule has 98 valence electrons. The van der Waals surface area contributed by atoms with Gasteiger partial charge in [-0.05, 0) is 56.9 Å². The number of amides is 1. The van der Waals surface area contributed by atoms with Crippen LogP contribution in [-0.2, 0) is 0 Å². The molecule has 2 rings (SSSR count). The summed E-state index contributed by atoms with van der Waals surface area (Å²) in [4.78, 5) is 12.1. The van der Waals surface area contributed by atoms with Gasteiger partial charge in [-0.2, -0.15) is 0 Å². The third kappa shape index (κ3) is 2.66. The average Bonchev–Trinajstić information content (AvgIpc) is 2.35. The Morgan fingerprint density at radius 3 is 2.33 bits per heavy atom. The maximum atomic E-state index is 12.1. The second-order valence-corrected chi connectivity index (χ2v) is 5.05. The molecule has 1 aliphatic rings. The molecule has 0 aliphatic heterocycles. The molecule has 0 atom stereocenters. The highest BCUT2D eigenvalue weighted by atomic mass is 16.1. The second kappa shape index (κ2) is 5.42. The third-order valence-corrected chi connectivity index (χ3v) is 3.89. The van der Waals surface area contributed by atoms with Crippen LogP contribution in [0.25, 0.3) is 0 Å². The fraction of sp³-hybridized carbons (Fsp3) is 0.533. The molecular formula is C15H22N2O. The fourth-order valence-electron chi connectivity index (χ4n) is 2.43. The van der Waals surface area contributed by atoms with Crippen molar-refractivity contribution in [3.63, 3.8) is 0 Å². The summed E-state index contributed by atoms with van der Waals surface area (Å²) >= 11 is 0. The van der Waals surface area contributed by atoms with E-state index >= 15 is 0 Å². The predicted molar refractivity (Wildman–Crippen MR) is 74.9 cm³/mol. The van der Waals surface area contributed by atoms with Crippen molar-refractivity contribution in [1.82, 2.24) is 5.32 Å². The molecule has 2 N–H and O–H groups in total. The zero-order valence-electron chi connectivity index (χ0n) is 11.3. The van der Waals surface area contributed by atoms with Crippen molar-refractivity contribution in [3.8, 4) is 0 Å². The highest BCUT2D eigenvalue weighted by Gasteiger charge is 2.36. The molecule has 1 aromatic carbocycles. The molecule has 0 radical (unpaired) electrons. The van der Waals surface area contributed by atoms with E-state index in [1.54, 1.807) is 0 Å². The van der Waals surface area contributed by atoms with Crippen molar-refractivity contribution in [2.45, 2.75) is 45.1 Å². The van der Waals surface area contributed by atoms with Crippen molar-refractivity contribution in [2.24, 2.45) is 0 Å². The zero-order chi connectivity index (χ0) is 13.0. The van der Waals surface area contributed by atoms with Gasteiger partial charge in [-0.15, -0.1) is 0 Å². The van der Waals surface area contributed by atoms with Crippen LogP contribution in [0.2, 0.25) is 0 Å². The van der Waals surface area contributed by atoms with Crippen LogP contribution in [0, 0.1) is 0 Å². The molecule has 1 amide bonds. The largest absolute Gasteiger partial charge is 0.385 e. The van der Waals surface area contributed by atoms with Gasteiger partial charge in [0.2, 0.25) is 0 Å². The number of anilines is 1. The summed E-state index contributed by atoms with van der Waals surface area (Å²) in [7, 11) is 0. The molecule has 0 unspecified atom stereocenters. The van der Waals surface area contributed by atoms with Crippen LogP contribution >= 0.6 is 0 Å². The first-order valence-electron chi connectivity index (χ1n) is 6.85. The van der Waals surface area contributed by atoms with E-state index in [9.17, 15) is 4.79 Å². The lowest BCUT2D eigenvalue weighted by Crippen LogP contribution is -2.52. The molecule has 0 saturated heterocycles. The number of carbonyl (C=O) groups is 1. The van der Waals surface area contributed by atoms with Gasteiger partial charge in [-0.1, -0.05) is 6.92 Å². The maximum Gasteiger partial charge on any atom is 0.251 e. The number of rotatable bonds is 5. The summed E-state index contributed by atoms with van der Waals surface area (Å²) < 4.78 is 0. The highest BCUT2D eigenvalue weighted by Crippen LogP contribution is 2.34. The molecule has 0 spiro atoms. The lowest BCUT2D eigenvalue weighted by Gasteiger charge is -2.42. The van der Waals surface area contributed by atoms with Crippen LogP contribution < -0.4 is 10.6 Å². The number of hydrogen-bond donors (Lipinski definition) is 2. The minimum absolute atomic E-state index is 0.0552. The van der Waals surface area contributed by atoms with E-state index < -0.39 is 0 Å². The first kappa shape index (κ1) is 12.9. The Morgan fingerprint density at radius 2 is 1.89 bits per heavy atom. The van der Waals surface area contributed by atoms with Gasteiger partial charge in [0.25, 0.3) is 5.91 Å². The number of nitrogens with one attached hydrogen (secondary N) is 2. The van der Waals surface area contributed by atoms with E-state index in [1.165, 1.54) is 6.42 Å². The molecule has 1 saturated carbocycles. The highest BCUT2D eigenvalue weighted by molar-refractivity contribution is 5.95. The van der Waals surface area contributed by atoms with E-state index in [-0.39, 0.29) is 11.4 Å². The minimum atomic E-state index is 0.0552. The molecule has 1 aromatic rings. The van der Waals surface area contributed by atoms with E-state index in [0.29, 0.717) is 0 Å². The summed E-state index contributed by atoms with van der Waals surface area (Å²) in [5.74, 6) is 0.0552. The zero-order valence-corrected chi connectivity index (χ0v) is 11.3. The lowest BCUT2D eigenvalue weighted by atomic mass is 9.74. The van der Waals surface area contributed by atoms with Gasteiger partial charge < -0.3 is 10.6 Å². The van der Waals surface area contributed by atoms with Gasteiger partial charge in [-0.25, -0.2) is 0 Å². The Balaban J connectivity index is 2.00. The lowest BCUT2D eigenvalue weighted by molar-refractivity contribution is 0.0820. The quantitative estimate of drug-likeness (QED) is 0.837. The van der Waals surface area contributed by atoms with Crippen LogP contribution in [0.1, 0.15) is 49.9 Å². The van der Waals surface area contributed by atoms with Crippen LogP contribution in [0.15, 0.2) is 24.3 Å². The Kier molecular flexibility index (Phi) is 3.90. The molecule has 1 fully saturated rings. The van der Waals surface area contributed by atoms with Gasteiger partial charge >= 0.3 is 0 Å². The van der Waals surface area contributed by atoms with E-state index in [4.69, 9.17) is 0 Å². The fourth-order valence-corrected chi connectivity index (χ4v) is 2.43. The first-order chi connectivity index (χ1) is 8.69. The third-order valence-electron chi connectivity index (χ3n) is 3.89. The number of benzene rings is 1. The number of hydrogen-bond acceptors (Lipinski definition) is 2. The van der Waals surface area contributed by atoms with Crippen LogP contribution in [-0.4, -0.2) is 18.0 Å². The van der Waals surface area contributed by atoms with Crippen molar-refractivity contribution >= 4 is 11.6 Å². The molecule has 1 aliphatic carbocycles. The monoisotopic (exact) mass is 246 g/mol. The van der Waals surface area contributed by atoms with Gasteiger partial charge in [0, 0.05) is 23.3 Å². The van der Waals surface area contributed by atoms with Crippen molar-refractivity contribution in [2.75, 3.05) is 11.9 Å². The van der Waals surface area contributed by atoms with Crippen LogP contribution in [0.5, 0.6) is 0 Å². The van der Waals surface area contributed by atoms with Gasteiger partial charge in [0.05, 0.1) is 0 Å². The first-order valence-corrected chi connectivity index (χ1v) is 6.85. The van der Waals surface area contributed by atoms with Gasteiger partial charge in [0.15, 0.2) is 0 Å². The standard InChI is InChI=1S/C15H22N2O/c1-3-15(10-5-11-15)17-14(18)12-6-8-13(9-7-12)16-4-2/h6-9,16H,3-5,10-11H2,1-2H3,(H,17,18). The molecular weight excluding hydrogens is 224 g/mol. The Morgan fingerprint density at radius 1 is 1.22 bits per heavy atom. The maximum absolute atomic E-state index is 12.1. The van der Waals surface area contributed by atoms with Crippen molar-refractivity contribution < 1.29 is 4.79 Å². The molecule has 0 heterocycles. The minimum Gasteiger partial charge on any atom is -0.385 e. The second-order valence-electron chi connectivity index (χ2n) is 5.05. The van der Waals surface area contributed by atoms with Crippen LogP contribution in [0.4, 0.5) is 5.69 Å². The summed E-state index contributed by atoms with van der Waals surface area (Å²) in [6.07, 6.45) is 4.48. The molecule has 3 nitrogen and oxygen atoms in total. The van der Waals surface area contributed by atoms with Crippen molar-refractivity contribution in [3.05, 3.63) is 29.8 Å². The molecule has 18 heavy (non-hydrogen) atoms. The molecule has 0 aromatic heterocycles. The Hall–Kier alpha value is -1.51. The summed E-state index contributed by atoms with van der Waals surface area (Å²) in [6.45, 7) is 5.10. The molecule has 0 bridgehead atoms. The SMILES string of the molecule is CCNc1ccc(C(=O)NC2(CC)CCC2)cc1. The van der Waals surface area contributed by atoms with Gasteiger partial charge in [0.1, 0.15) is 0 Å². The number of carbonyl (C=O) groups excluding carboxylic acids is 1. The molecule has 3 heteroatoms. The van der Waals surface area contributed by atoms with Gasteiger partial charge in [-0.3, -0.25) is 4.79 Å². The predicted octanol–water partition coefficient (Wildman–Crippen LogP) is 3.18. The normalized spacial score (nSPS) is 16.8. The summed E-state index contributed by atoms with van der Waals surface area (Å²) in [5.41, 5.74) is 1.87. The summed E-state index contributed by atoms with van der Waals surface area (Å²) in [5, 5.41) is 6.41. The van der Waals surface area contributed by atoms with E-state index in [0.717, 1.165) is 37.1 Å². The van der Waals surface area contributed by atoms with E-state index in [2.05, 4.69) is 24.5 Å². The van der Waals surface area contributed by atoms with E-state index in [1.807, 2.05) is 24.3 Å². The topological polar surface area (TPSA) is 41.1 Å². The Labute approximate surface area is 109 Å². The summed E-state index contributed by atoms with van der Waals surface area (Å²) in [6, 6.07) is 7.68. The Bertz CT molecular complexity index is 401. The smallest absolute Gasteiger partial charge is 0.251 e. The van der Waals surface area contributed by atoms with Crippen molar-refractivity contribution in [1.29, 1.82) is 0 Å². The average molecular weight is 246 g/mol.